The molecule has 0 bridgehead atoms. The van der Waals surface area contributed by atoms with Gasteiger partial charge in [0.2, 0.25) is 23.6 Å². The van der Waals surface area contributed by atoms with Crippen LogP contribution in [-0.2, 0) is 42.9 Å². The Kier molecular flexibility index (Phi) is 18.6. The SMILES string of the molecule is CCCNC(=O)CCOCCOCCOCCOCCOCCNC(=O)CCN1C(=O)CC(C)C1=O. The molecule has 1 aliphatic heterocycles. The fourth-order valence-electron chi connectivity index (χ4n) is 3.15. The van der Waals surface area contributed by atoms with E-state index >= 15 is 0 Å². The van der Waals surface area contributed by atoms with Crippen molar-refractivity contribution in [1.82, 2.24) is 15.5 Å². The first-order chi connectivity index (χ1) is 17.5. The van der Waals surface area contributed by atoms with E-state index in [0.717, 1.165) is 11.3 Å². The molecule has 12 heteroatoms. The standard InChI is InChI=1S/C24H43N3O9/c1-3-6-25-22(29)5-9-32-11-13-34-15-17-36-18-16-35-14-12-33-10-7-26-21(28)4-8-27-23(30)19-20(2)24(27)31/h20H,3-19H2,1-2H3,(H,25,29)(H,26,28). The highest BCUT2D eigenvalue weighted by Crippen LogP contribution is 2.18. The zero-order valence-corrected chi connectivity index (χ0v) is 21.7. The Balaban J connectivity index is 1.77. The number of ether oxygens (including phenoxy) is 5. The van der Waals surface area contributed by atoms with Crippen LogP contribution in [-0.4, -0.2) is 114 Å². The number of rotatable bonds is 23. The number of hydrogen-bond donors (Lipinski definition) is 2. The predicted molar refractivity (Wildman–Crippen MR) is 130 cm³/mol. The van der Waals surface area contributed by atoms with Crippen LogP contribution >= 0.6 is 0 Å². The first kappa shape index (κ1) is 31.9. The van der Waals surface area contributed by atoms with Gasteiger partial charge in [0.15, 0.2) is 0 Å². The van der Waals surface area contributed by atoms with Crippen molar-refractivity contribution in [1.29, 1.82) is 0 Å². The maximum absolute atomic E-state index is 11.8. The minimum atomic E-state index is -0.296. The molecule has 1 atom stereocenters. The first-order valence-corrected chi connectivity index (χ1v) is 12.7. The summed E-state index contributed by atoms with van der Waals surface area (Å²) < 4.78 is 26.9. The largest absolute Gasteiger partial charge is 0.379 e. The summed E-state index contributed by atoms with van der Waals surface area (Å²) in [4.78, 5) is 47.8. The third-order valence-electron chi connectivity index (χ3n) is 5.13. The van der Waals surface area contributed by atoms with Crippen LogP contribution < -0.4 is 10.6 Å². The summed E-state index contributed by atoms with van der Waals surface area (Å²) >= 11 is 0. The van der Waals surface area contributed by atoms with Crippen LogP contribution in [0.5, 0.6) is 0 Å². The summed E-state index contributed by atoms with van der Waals surface area (Å²) in [5.74, 6) is -0.947. The molecule has 1 rings (SSSR count). The van der Waals surface area contributed by atoms with Crippen molar-refractivity contribution in [2.75, 3.05) is 85.7 Å². The highest BCUT2D eigenvalue weighted by molar-refractivity contribution is 6.03. The molecule has 0 spiro atoms. The van der Waals surface area contributed by atoms with E-state index in [1.807, 2.05) is 6.92 Å². The van der Waals surface area contributed by atoms with Crippen molar-refractivity contribution in [3.05, 3.63) is 0 Å². The van der Waals surface area contributed by atoms with E-state index in [-0.39, 0.29) is 48.9 Å². The molecule has 0 aromatic rings. The van der Waals surface area contributed by atoms with Gasteiger partial charge in [0.25, 0.3) is 0 Å². The quantitative estimate of drug-likeness (QED) is 0.140. The van der Waals surface area contributed by atoms with E-state index in [1.54, 1.807) is 6.92 Å². The van der Waals surface area contributed by atoms with Crippen molar-refractivity contribution in [2.45, 2.75) is 39.5 Å². The average molecular weight is 518 g/mol. The van der Waals surface area contributed by atoms with Gasteiger partial charge in [-0.15, -0.1) is 0 Å². The molecule has 0 aromatic carbocycles. The minimum absolute atomic E-state index is 0.00255. The molecule has 0 aromatic heterocycles. The predicted octanol–water partition coefficient (Wildman–Crippen LogP) is -0.113. The molecule has 1 heterocycles. The van der Waals surface area contributed by atoms with Crippen LogP contribution in [0.2, 0.25) is 0 Å². The Morgan fingerprint density at radius 2 is 1.22 bits per heavy atom. The van der Waals surface area contributed by atoms with Crippen LogP contribution in [0.1, 0.15) is 39.5 Å². The van der Waals surface area contributed by atoms with E-state index < -0.39 is 0 Å². The monoisotopic (exact) mass is 517 g/mol. The maximum Gasteiger partial charge on any atom is 0.232 e. The molecule has 0 radical (unpaired) electrons. The van der Waals surface area contributed by atoms with Gasteiger partial charge in [0, 0.05) is 44.8 Å². The summed E-state index contributed by atoms with van der Waals surface area (Å²) in [7, 11) is 0. The number of carbonyl (C=O) groups excluding carboxylic acids is 4. The second-order valence-electron chi connectivity index (χ2n) is 8.25. The number of imide groups is 1. The second-order valence-corrected chi connectivity index (χ2v) is 8.25. The summed E-state index contributed by atoms with van der Waals surface area (Å²) in [6.07, 6.45) is 1.59. The Hall–Kier alpha value is -2.12. The fraction of sp³-hybridized carbons (Fsp3) is 0.833. The van der Waals surface area contributed by atoms with E-state index in [2.05, 4.69) is 10.6 Å². The van der Waals surface area contributed by atoms with Crippen LogP contribution in [0.15, 0.2) is 0 Å². The van der Waals surface area contributed by atoms with Gasteiger partial charge in [-0.1, -0.05) is 13.8 Å². The van der Waals surface area contributed by atoms with Gasteiger partial charge < -0.3 is 34.3 Å². The smallest absolute Gasteiger partial charge is 0.232 e. The van der Waals surface area contributed by atoms with Gasteiger partial charge in [0.1, 0.15) is 0 Å². The Bertz CT molecular complexity index is 648. The van der Waals surface area contributed by atoms with E-state index in [4.69, 9.17) is 23.7 Å². The zero-order chi connectivity index (χ0) is 26.4. The number of hydrogen-bond acceptors (Lipinski definition) is 9. The average Bonchev–Trinajstić information content (AvgIpc) is 3.10. The number of likely N-dealkylation sites (tertiary alicyclic amines) is 1. The Labute approximate surface area is 213 Å². The molecule has 12 nitrogen and oxygen atoms in total. The van der Waals surface area contributed by atoms with Gasteiger partial charge >= 0.3 is 0 Å². The number of nitrogens with zero attached hydrogens (tertiary/aromatic N) is 1. The Morgan fingerprint density at radius 1 is 0.750 bits per heavy atom. The van der Waals surface area contributed by atoms with Crippen LogP contribution in [0.25, 0.3) is 0 Å². The summed E-state index contributed by atoms with van der Waals surface area (Å²) in [5, 5.41) is 5.49. The molecule has 1 aliphatic rings. The number of carbonyl (C=O) groups is 4. The van der Waals surface area contributed by atoms with Crippen molar-refractivity contribution in [3.63, 3.8) is 0 Å². The zero-order valence-electron chi connectivity index (χ0n) is 21.7. The van der Waals surface area contributed by atoms with Crippen LogP contribution in [0, 0.1) is 5.92 Å². The van der Waals surface area contributed by atoms with Crippen molar-refractivity contribution < 1.29 is 42.9 Å². The first-order valence-electron chi connectivity index (χ1n) is 12.7. The van der Waals surface area contributed by atoms with Gasteiger partial charge in [0.05, 0.1) is 66.1 Å². The molecule has 0 aliphatic carbocycles. The topological polar surface area (TPSA) is 142 Å². The van der Waals surface area contributed by atoms with E-state index in [1.165, 1.54) is 0 Å². The van der Waals surface area contributed by atoms with Gasteiger partial charge in [-0.3, -0.25) is 24.1 Å². The maximum atomic E-state index is 11.8. The lowest BCUT2D eigenvalue weighted by molar-refractivity contribution is -0.139. The molecular weight excluding hydrogens is 474 g/mol. The summed E-state index contributed by atoms with van der Waals surface area (Å²) in [5.41, 5.74) is 0. The molecule has 4 amide bonds. The van der Waals surface area contributed by atoms with Crippen molar-refractivity contribution >= 4 is 23.6 Å². The van der Waals surface area contributed by atoms with Crippen molar-refractivity contribution in [3.8, 4) is 0 Å². The van der Waals surface area contributed by atoms with Gasteiger partial charge in [-0.25, -0.2) is 0 Å². The third kappa shape index (κ3) is 15.8. The lowest BCUT2D eigenvalue weighted by atomic mass is 10.1. The van der Waals surface area contributed by atoms with E-state index in [0.29, 0.717) is 85.6 Å². The lowest BCUT2D eigenvalue weighted by Crippen LogP contribution is -2.35. The highest BCUT2D eigenvalue weighted by atomic mass is 16.6. The van der Waals surface area contributed by atoms with E-state index in [9.17, 15) is 19.2 Å². The second kappa shape index (κ2) is 21.0. The van der Waals surface area contributed by atoms with Gasteiger partial charge in [-0.2, -0.15) is 0 Å². The molecule has 36 heavy (non-hydrogen) atoms. The fourth-order valence-corrected chi connectivity index (χ4v) is 3.15. The number of amides is 4. The lowest BCUT2D eigenvalue weighted by Gasteiger charge is -2.14. The summed E-state index contributed by atoms with van der Waals surface area (Å²) in [6, 6.07) is 0. The van der Waals surface area contributed by atoms with Crippen LogP contribution in [0.4, 0.5) is 0 Å². The molecule has 1 unspecified atom stereocenters. The summed E-state index contributed by atoms with van der Waals surface area (Å²) in [6.45, 7) is 9.11. The minimum Gasteiger partial charge on any atom is -0.379 e. The molecule has 0 saturated carbocycles. The number of nitrogens with one attached hydrogen (secondary N) is 2. The Morgan fingerprint density at radius 3 is 1.72 bits per heavy atom. The third-order valence-corrected chi connectivity index (χ3v) is 5.13. The molecule has 1 saturated heterocycles. The van der Waals surface area contributed by atoms with Crippen molar-refractivity contribution in [2.24, 2.45) is 5.92 Å². The molecule has 208 valence electrons. The molecule has 1 fully saturated rings. The van der Waals surface area contributed by atoms with Crippen LogP contribution in [0.3, 0.4) is 0 Å². The van der Waals surface area contributed by atoms with Gasteiger partial charge in [-0.05, 0) is 6.42 Å². The molecule has 2 N–H and O–H groups in total. The highest BCUT2D eigenvalue weighted by Gasteiger charge is 2.35. The molecular formula is C24H43N3O9. The normalized spacial score (nSPS) is 15.5.